The van der Waals surface area contributed by atoms with E-state index in [4.69, 9.17) is 11.6 Å². The second-order valence-electron chi connectivity index (χ2n) is 8.62. The van der Waals surface area contributed by atoms with Crippen molar-refractivity contribution in [3.8, 4) is 5.69 Å². The number of hydrogen-bond donors (Lipinski definition) is 1. The number of thiophene rings is 1. The smallest absolute Gasteiger partial charge is 0.326 e. The summed E-state index contributed by atoms with van der Waals surface area (Å²) in [5.41, 5.74) is 3.34. The Morgan fingerprint density at radius 2 is 1.85 bits per heavy atom. The lowest BCUT2D eigenvalue weighted by atomic mass is 10.0. The van der Waals surface area contributed by atoms with Crippen LogP contribution in [-0.2, 0) is 0 Å². The molecule has 7 nitrogen and oxygen atoms in total. The number of amides is 1. The number of imidazole rings is 1. The molecule has 0 spiro atoms. The van der Waals surface area contributed by atoms with E-state index in [1.807, 2.05) is 75.7 Å². The summed E-state index contributed by atoms with van der Waals surface area (Å²) in [7, 11) is 0. The van der Waals surface area contributed by atoms with E-state index >= 15 is 0 Å². The topological polar surface area (TPSA) is 75.9 Å². The highest BCUT2D eigenvalue weighted by atomic mass is 35.5. The first-order valence-electron chi connectivity index (χ1n) is 11.2. The van der Waals surface area contributed by atoms with E-state index in [0.717, 1.165) is 45.5 Å². The van der Waals surface area contributed by atoms with Gasteiger partial charge in [0, 0.05) is 24.5 Å². The van der Waals surface area contributed by atoms with Crippen molar-refractivity contribution < 1.29 is 4.79 Å². The zero-order valence-corrected chi connectivity index (χ0v) is 20.1. The van der Waals surface area contributed by atoms with Crippen LogP contribution >= 0.6 is 22.9 Å². The molecule has 1 aliphatic rings. The lowest BCUT2D eigenvalue weighted by Gasteiger charge is -2.32. The number of nitrogens with one attached hydrogen (secondary N) is 1. The Kier molecular flexibility index (Phi) is 5.08. The Balaban J connectivity index is 1.25. The average molecular weight is 492 g/mol. The van der Waals surface area contributed by atoms with Crippen molar-refractivity contribution in [1.29, 1.82) is 0 Å². The number of benzene rings is 2. The van der Waals surface area contributed by atoms with Gasteiger partial charge in [-0.3, -0.25) is 9.36 Å². The largest absolute Gasteiger partial charge is 0.338 e. The molecule has 9 heteroatoms. The molecule has 4 heterocycles. The summed E-state index contributed by atoms with van der Waals surface area (Å²) < 4.78 is 3.67. The number of aromatic nitrogens is 4. The number of rotatable bonds is 3. The van der Waals surface area contributed by atoms with Crippen LogP contribution in [0.5, 0.6) is 0 Å². The Morgan fingerprint density at radius 1 is 1.12 bits per heavy atom. The molecule has 0 aliphatic carbocycles. The van der Waals surface area contributed by atoms with Gasteiger partial charge in [-0.05, 0) is 50.1 Å². The minimum atomic E-state index is -0.0879. The number of H-pyrrole nitrogens is 1. The molecule has 2 aromatic carbocycles. The Bertz CT molecular complexity index is 1600. The van der Waals surface area contributed by atoms with E-state index in [1.165, 1.54) is 11.3 Å². The molecule has 1 aliphatic heterocycles. The van der Waals surface area contributed by atoms with Crippen LogP contribution in [-0.4, -0.2) is 43.2 Å². The Morgan fingerprint density at radius 3 is 2.65 bits per heavy atom. The third-order valence-corrected chi connectivity index (χ3v) is 8.00. The second-order valence-corrected chi connectivity index (χ2v) is 10.1. The monoisotopic (exact) mass is 491 g/mol. The SMILES string of the molecule is Cc1nn(-c2ccccc2Cl)c2sc(C(=O)N3CCC(n4c(=O)[nH]c5ccccc54)CC3)cc12. The molecule has 0 radical (unpaired) electrons. The number of hydrogen-bond acceptors (Lipinski definition) is 4. The number of aromatic amines is 1. The highest BCUT2D eigenvalue weighted by Crippen LogP contribution is 2.34. The second kappa shape index (κ2) is 8.14. The fourth-order valence-corrected chi connectivity index (χ4v) is 6.22. The number of likely N-dealkylation sites (tertiary alicyclic amines) is 1. The number of carbonyl (C=O) groups excluding carboxylic acids is 1. The van der Waals surface area contributed by atoms with Crippen LogP contribution in [0, 0.1) is 6.92 Å². The van der Waals surface area contributed by atoms with Crippen LogP contribution in [0.3, 0.4) is 0 Å². The summed E-state index contributed by atoms with van der Waals surface area (Å²) in [5, 5.41) is 6.23. The van der Waals surface area contributed by atoms with Crippen molar-refractivity contribution in [2.75, 3.05) is 13.1 Å². The van der Waals surface area contributed by atoms with Crippen molar-refractivity contribution in [3.63, 3.8) is 0 Å². The lowest BCUT2D eigenvalue weighted by Crippen LogP contribution is -2.40. The van der Waals surface area contributed by atoms with E-state index < -0.39 is 0 Å². The predicted octanol–water partition coefficient (Wildman–Crippen LogP) is 5.17. The minimum Gasteiger partial charge on any atom is -0.338 e. The third-order valence-electron chi connectivity index (χ3n) is 6.58. The van der Waals surface area contributed by atoms with Crippen LogP contribution in [0.4, 0.5) is 0 Å². The molecule has 0 bridgehead atoms. The van der Waals surface area contributed by atoms with E-state index in [-0.39, 0.29) is 17.6 Å². The molecule has 0 saturated carbocycles. The number of para-hydroxylation sites is 3. The zero-order valence-electron chi connectivity index (χ0n) is 18.5. The first-order chi connectivity index (χ1) is 16.5. The lowest BCUT2D eigenvalue weighted by molar-refractivity contribution is 0.0700. The maximum Gasteiger partial charge on any atom is 0.326 e. The molecule has 1 amide bonds. The van der Waals surface area contributed by atoms with Crippen LogP contribution < -0.4 is 5.69 Å². The van der Waals surface area contributed by atoms with Gasteiger partial charge in [-0.25, -0.2) is 9.48 Å². The minimum absolute atomic E-state index is 0.0241. The van der Waals surface area contributed by atoms with Gasteiger partial charge < -0.3 is 9.88 Å². The first kappa shape index (κ1) is 21.2. The standard InChI is InChI=1S/C25H22ClN5O2S/c1-15-17-14-22(34-24(17)31(28-15)20-8-4-2-6-18(20)26)23(32)29-12-10-16(11-13-29)30-21-9-5-3-7-19(21)27-25(30)33/h2-9,14,16H,10-13H2,1H3,(H,27,33). The first-order valence-corrected chi connectivity index (χ1v) is 12.4. The van der Waals surface area contributed by atoms with Crippen LogP contribution in [0.1, 0.15) is 34.2 Å². The summed E-state index contributed by atoms with van der Waals surface area (Å²) >= 11 is 7.85. The van der Waals surface area contributed by atoms with E-state index in [9.17, 15) is 9.59 Å². The van der Waals surface area contributed by atoms with Crippen molar-refractivity contribution in [1.82, 2.24) is 24.2 Å². The van der Waals surface area contributed by atoms with Gasteiger partial charge in [0.2, 0.25) is 0 Å². The van der Waals surface area contributed by atoms with Crippen molar-refractivity contribution >= 4 is 50.1 Å². The van der Waals surface area contributed by atoms with Gasteiger partial charge in [0.05, 0.1) is 32.3 Å². The van der Waals surface area contributed by atoms with Gasteiger partial charge in [-0.15, -0.1) is 11.3 Å². The Labute approximate surface area is 204 Å². The zero-order chi connectivity index (χ0) is 23.4. The van der Waals surface area contributed by atoms with Crippen molar-refractivity contribution in [3.05, 3.63) is 80.7 Å². The van der Waals surface area contributed by atoms with Crippen molar-refractivity contribution in [2.24, 2.45) is 0 Å². The van der Waals surface area contributed by atoms with Gasteiger partial charge in [0.15, 0.2) is 0 Å². The highest BCUT2D eigenvalue weighted by Gasteiger charge is 2.28. The van der Waals surface area contributed by atoms with E-state index in [1.54, 1.807) is 0 Å². The summed E-state index contributed by atoms with van der Waals surface area (Å²) in [6, 6.07) is 17.3. The summed E-state index contributed by atoms with van der Waals surface area (Å²) in [6.07, 6.45) is 1.48. The van der Waals surface area contributed by atoms with E-state index in [2.05, 4.69) is 10.1 Å². The highest BCUT2D eigenvalue weighted by molar-refractivity contribution is 7.20. The molecule has 172 valence electrons. The number of carbonyl (C=O) groups is 1. The molecular formula is C25H22ClN5O2S. The molecule has 6 rings (SSSR count). The maximum atomic E-state index is 13.4. The summed E-state index contributed by atoms with van der Waals surface area (Å²) in [6.45, 7) is 3.17. The summed E-state index contributed by atoms with van der Waals surface area (Å²) in [4.78, 5) is 32.4. The molecule has 5 aromatic rings. The molecule has 1 saturated heterocycles. The van der Waals surface area contributed by atoms with Gasteiger partial charge >= 0.3 is 5.69 Å². The Hall–Kier alpha value is -3.36. The fraction of sp³-hybridized carbons (Fsp3) is 0.240. The number of aryl methyl sites for hydroxylation is 1. The fourth-order valence-electron chi connectivity index (χ4n) is 4.86. The van der Waals surface area contributed by atoms with Gasteiger partial charge in [0.1, 0.15) is 4.83 Å². The summed E-state index contributed by atoms with van der Waals surface area (Å²) in [5.74, 6) is 0.0241. The molecule has 0 atom stereocenters. The number of halogens is 1. The maximum absolute atomic E-state index is 13.4. The average Bonchev–Trinajstić information content (AvgIpc) is 3.51. The third kappa shape index (κ3) is 3.36. The molecule has 1 fully saturated rings. The van der Waals surface area contributed by atoms with Gasteiger partial charge in [-0.2, -0.15) is 5.10 Å². The van der Waals surface area contributed by atoms with Crippen LogP contribution in [0.2, 0.25) is 5.02 Å². The van der Waals surface area contributed by atoms with Gasteiger partial charge in [-0.1, -0.05) is 35.9 Å². The number of nitrogens with zero attached hydrogens (tertiary/aromatic N) is 4. The number of fused-ring (bicyclic) bond motifs is 2. The van der Waals surface area contributed by atoms with Crippen LogP contribution in [0.25, 0.3) is 26.9 Å². The molecule has 1 N–H and O–H groups in total. The van der Waals surface area contributed by atoms with E-state index in [0.29, 0.717) is 23.0 Å². The molecule has 0 unspecified atom stereocenters. The predicted molar refractivity (Wildman–Crippen MR) is 135 cm³/mol. The quantitative estimate of drug-likeness (QED) is 0.378. The van der Waals surface area contributed by atoms with Gasteiger partial charge in [0.25, 0.3) is 5.91 Å². The molecule has 3 aromatic heterocycles. The number of piperidine rings is 1. The normalized spacial score (nSPS) is 14.9. The molecular weight excluding hydrogens is 470 g/mol. The van der Waals surface area contributed by atoms with Crippen molar-refractivity contribution in [2.45, 2.75) is 25.8 Å². The molecule has 34 heavy (non-hydrogen) atoms. The van der Waals surface area contributed by atoms with Crippen LogP contribution in [0.15, 0.2) is 59.4 Å².